The molecule has 0 saturated heterocycles. The molecule has 2 saturated carbocycles. The van der Waals surface area contributed by atoms with E-state index in [1.807, 2.05) is 0 Å². The zero-order valence-electron chi connectivity index (χ0n) is 17.6. The lowest BCUT2D eigenvalue weighted by Crippen LogP contribution is -2.31. The third kappa shape index (κ3) is 6.75. The van der Waals surface area contributed by atoms with Crippen LogP contribution in [0, 0.1) is 34.5 Å². The second-order valence-corrected chi connectivity index (χ2v) is 9.30. The van der Waals surface area contributed by atoms with Crippen LogP contribution in [-0.2, 0) is 0 Å². The second kappa shape index (κ2) is 11.8. The van der Waals surface area contributed by atoms with E-state index < -0.39 is 0 Å². The minimum absolute atomic E-state index is 0.00951. The van der Waals surface area contributed by atoms with Crippen LogP contribution in [0.2, 0.25) is 0 Å². The standard InChI is InChI=1S/C25H43N/c1-3-5-7-8-10-18-25(21-26)19-16-24(17-20-25)23-14-12-22(13-15-23)11-9-6-4-2/h7-8,22-24H,3-6,9-20H2,1-2H3. The largest absolute Gasteiger partial charge is 0.198 e. The van der Waals surface area contributed by atoms with E-state index in [0.717, 1.165) is 43.4 Å². The number of hydrogen-bond donors (Lipinski definition) is 0. The Labute approximate surface area is 163 Å². The van der Waals surface area contributed by atoms with Crippen LogP contribution in [0.25, 0.3) is 0 Å². The maximum atomic E-state index is 9.80. The Balaban J connectivity index is 1.69. The van der Waals surface area contributed by atoms with Crippen molar-refractivity contribution in [3.05, 3.63) is 12.2 Å². The number of hydrogen-bond acceptors (Lipinski definition) is 1. The first kappa shape index (κ1) is 21.5. The van der Waals surface area contributed by atoms with Gasteiger partial charge in [-0.2, -0.15) is 5.26 Å². The molecule has 0 amide bonds. The molecule has 0 unspecified atom stereocenters. The molecule has 0 spiro atoms. The van der Waals surface area contributed by atoms with Crippen molar-refractivity contribution in [3.8, 4) is 6.07 Å². The molecule has 2 aliphatic carbocycles. The summed E-state index contributed by atoms with van der Waals surface area (Å²) in [7, 11) is 0. The van der Waals surface area contributed by atoms with Gasteiger partial charge < -0.3 is 0 Å². The molecule has 0 aromatic heterocycles. The van der Waals surface area contributed by atoms with Crippen LogP contribution in [-0.4, -0.2) is 0 Å². The van der Waals surface area contributed by atoms with Crippen molar-refractivity contribution >= 4 is 0 Å². The maximum Gasteiger partial charge on any atom is 0.0689 e. The molecule has 26 heavy (non-hydrogen) atoms. The molecule has 2 fully saturated rings. The molecular weight excluding hydrogens is 314 g/mol. The topological polar surface area (TPSA) is 23.8 Å². The third-order valence-electron chi connectivity index (χ3n) is 7.41. The summed E-state index contributed by atoms with van der Waals surface area (Å²) < 4.78 is 0. The lowest BCUT2D eigenvalue weighted by Gasteiger charge is -2.40. The molecule has 0 N–H and O–H groups in total. The number of rotatable bonds is 10. The van der Waals surface area contributed by atoms with E-state index in [0.29, 0.717) is 0 Å². The SMILES string of the molecule is CCCC=CCCC1(C#N)CCC(C2CCC(CCCCC)CC2)CC1. The van der Waals surface area contributed by atoms with Crippen LogP contribution in [0.15, 0.2) is 12.2 Å². The Kier molecular flexibility index (Phi) is 9.80. The molecule has 0 atom stereocenters. The molecule has 0 aliphatic heterocycles. The maximum absolute atomic E-state index is 9.80. The summed E-state index contributed by atoms with van der Waals surface area (Å²) in [6, 6.07) is 2.73. The molecule has 0 aromatic rings. The Hall–Kier alpha value is -0.770. The Morgan fingerprint density at radius 2 is 1.50 bits per heavy atom. The van der Waals surface area contributed by atoms with Gasteiger partial charge in [0, 0.05) is 0 Å². The highest BCUT2D eigenvalue weighted by Crippen LogP contribution is 2.47. The van der Waals surface area contributed by atoms with Gasteiger partial charge in [-0.3, -0.25) is 0 Å². The van der Waals surface area contributed by atoms with Crippen molar-refractivity contribution in [1.29, 1.82) is 5.26 Å². The minimum Gasteiger partial charge on any atom is -0.198 e. The summed E-state index contributed by atoms with van der Waals surface area (Å²) in [5.41, 5.74) is -0.00951. The monoisotopic (exact) mass is 357 g/mol. The van der Waals surface area contributed by atoms with Gasteiger partial charge >= 0.3 is 0 Å². The fourth-order valence-electron chi connectivity index (χ4n) is 5.48. The molecule has 0 heterocycles. The van der Waals surface area contributed by atoms with Gasteiger partial charge in [0.05, 0.1) is 11.5 Å². The first-order valence-electron chi connectivity index (χ1n) is 11.8. The highest BCUT2D eigenvalue weighted by Gasteiger charge is 2.38. The zero-order valence-corrected chi connectivity index (χ0v) is 17.6. The van der Waals surface area contributed by atoms with E-state index in [2.05, 4.69) is 32.1 Å². The number of unbranched alkanes of at least 4 members (excludes halogenated alkanes) is 3. The van der Waals surface area contributed by atoms with E-state index in [9.17, 15) is 5.26 Å². The normalized spacial score (nSPS) is 32.6. The smallest absolute Gasteiger partial charge is 0.0689 e. The van der Waals surface area contributed by atoms with E-state index in [1.54, 1.807) is 0 Å². The van der Waals surface area contributed by atoms with Gasteiger partial charge in [0.25, 0.3) is 0 Å². The van der Waals surface area contributed by atoms with Crippen LogP contribution in [0.5, 0.6) is 0 Å². The van der Waals surface area contributed by atoms with Crippen molar-refractivity contribution in [3.63, 3.8) is 0 Å². The third-order valence-corrected chi connectivity index (χ3v) is 7.41. The van der Waals surface area contributed by atoms with Gasteiger partial charge in [-0.1, -0.05) is 70.9 Å². The molecule has 1 nitrogen and oxygen atoms in total. The fraction of sp³-hybridized carbons (Fsp3) is 0.880. The highest BCUT2D eigenvalue weighted by atomic mass is 14.4. The quantitative estimate of drug-likeness (QED) is 0.285. The van der Waals surface area contributed by atoms with Gasteiger partial charge in [-0.05, 0) is 75.5 Å². The molecule has 1 heteroatoms. The fourth-order valence-corrected chi connectivity index (χ4v) is 5.48. The second-order valence-electron chi connectivity index (χ2n) is 9.30. The Bertz CT molecular complexity index is 428. The number of nitrogens with zero attached hydrogens (tertiary/aromatic N) is 1. The molecular formula is C25H43N. The van der Waals surface area contributed by atoms with Crippen molar-refractivity contribution < 1.29 is 0 Å². The summed E-state index contributed by atoms with van der Waals surface area (Å²) in [5, 5.41) is 9.80. The molecule has 148 valence electrons. The van der Waals surface area contributed by atoms with Gasteiger partial charge in [0.1, 0.15) is 0 Å². The Morgan fingerprint density at radius 3 is 2.12 bits per heavy atom. The van der Waals surface area contributed by atoms with Crippen molar-refractivity contribution in [2.45, 2.75) is 117 Å². The zero-order chi connectivity index (χ0) is 18.7. The molecule has 0 aromatic carbocycles. The minimum atomic E-state index is -0.00951. The average Bonchev–Trinajstić information content (AvgIpc) is 2.69. The van der Waals surface area contributed by atoms with Crippen LogP contribution < -0.4 is 0 Å². The van der Waals surface area contributed by atoms with E-state index >= 15 is 0 Å². The van der Waals surface area contributed by atoms with Crippen molar-refractivity contribution in [2.75, 3.05) is 0 Å². The van der Waals surface area contributed by atoms with Gasteiger partial charge in [-0.15, -0.1) is 0 Å². The summed E-state index contributed by atoms with van der Waals surface area (Å²) in [5.74, 6) is 2.91. The van der Waals surface area contributed by atoms with Crippen molar-refractivity contribution in [2.24, 2.45) is 23.2 Å². The number of allylic oxidation sites excluding steroid dienone is 2. The van der Waals surface area contributed by atoms with Crippen LogP contribution >= 0.6 is 0 Å². The average molecular weight is 358 g/mol. The molecule has 2 rings (SSSR count). The molecule has 0 radical (unpaired) electrons. The lowest BCUT2D eigenvalue weighted by atomic mass is 9.63. The van der Waals surface area contributed by atoms with Gasteiger partial charge in [0.2, 0.25) is 0 Å². The summed E-state index contributed by atoms with van der Waals surface area (Å²) in [6.07, 6.45) is 25.8. The van der Waals surface area contributed by atoms with Crippen LogP contribution in [0.3, 0.4) is 0 Å². The predicted octanol–water partition coefficient (Wildman–Crippen LogP) is 8.21. The summed E-state index contributed by atoms with van der Waals surface area (Å²) >= 11 is 0. The van der Waals surface area contributed by atoms with Crippen LogP contribution in [0.4, 0.5) is 0 Å². The highest BCUT2D eigenvalue weighted by molar-refractivity contribution is 5.03. The van der Waals surface area contributed by atoms with Gasteiger partial charge in [-0.25, -0.2) is 0 Å². The van der Waals surface area contributed by atoms with E-state index in [-0.39, 0.29) is 5.41 Å². The Morgan fingerprint density at radius 1 is 0.846 bits per heavy atom. The van der Waals surface area contributed by atoms with E-state index in [1.165, 1.54) is 77.0 Å². The lowest BCUT2D eigenvalue weighted by molar-refractivity contribution is 0.116. The summed E-state index contributed by atoms with van der Waals surface area (Å²) in [6.45, 7) is 4.53. The predicted molar refractivity (Wildman–Crippen MR) is 113 cm³/mol. The van der Waals surface area contributed by atoms with Crippen molar-refractivity contribution in [1.82, 2.24) is 0 Å². The van der Waals surface area contributed by atoms with Gasteiger partial charge in [0.15, 0.2) is 0 Å². The van der Waals surface area contributed by atoms with Crippen LogP contribution in [0.1, 0.15) is 117 Å². The first-order chi connectivity index (χ1) is 12.7. The number of nitriles is 1. The molecule has 2 aliphatic rings. The van der Waals surface area contributed by atoms with E-state index in [4.69, 9.17) is 0 Å². The first-order valence-corrected chi connectivity index (χ1v) is 11.8. The summed E-state index contributed by atoms with van der Waals surface area (Å²) in [4.78, 5) is 0. The molecule has 0 bridgehead atoms.